The lowest BCUT2D eigenvalue weighted by atomic mass is 9.78. The van der Waals surface area contributed by atoms with E-state index in [9.17, 15) is 19.2 Å². The first-order valence-corrected chi connectivity index (χ1v) is 16.4. The van der Waals surface area contributed by atoms with Crippen molar-refractivity contribution >= 4 is 29.3 Å². The molecule has 0 atom stereocenters. The first-order chi connectivity index (χ1) is 22.5. The van der Waals surface area contributed by atoms with Crippen LogP contribution in [-0.4, -0.2) is 34.1 Å². The zero-order valence-electron chi connectivity index (χ0n) is 27.8. The van der Waals surface area contributed by atoms with Gasteiger partial charge < -0.3 is 4.74 Å². The Morgan fingerprint density at radius 3 is 1.66 bits per heavy atom. The third kappa shape index (κ3) is 5.24. The molecule has 4 aromatic rings. The van der Waals surface area contributed by atoms with Crippen LogP contribution < -0.4 is 9.64 Å². The molecule has 4 amide bonds. The molecule has 0 aromatic heterocycles. The molecule has 0 bridgehead atoms. The highest BCUT2D eigenvalue weighted by Crippen LogP contribution is 2.38. The van der Waals surface area contributed by atoms with Crippen LogP contribution in [0.15, 0.2) is 84.9 Å². The molecule has 2 aliphatic rings. The molecule has 0 radical (unpaired) electrons. The third-order valence-corrected chi connectivity index (χ3v) is 10.6. The summed E-state index contributed by atoms with van der Waals surface area (Å²) >= 11 is 0. The van der Waals surface area contributed by atoms with Crippen LogP contribution in [0.4, 0.5) is 5.69 Å². The maximum atomic E-state index is 13.7. The lowest BCUT2D eigenvalue weighted by Crippen LogP contribution is -2.48. The normalized spacial score (nSPS) is 14.6. The molecule has 2 heterocycles. The number of carbonyl (C=O) groups is 4. The highest BCUT2D eigenvalue weighted by Gasteiger charge is 2.45. The van der Waals surface area contributed by atoms with Gasteiger partial charge in [-0.1, -0.05) is 65.0 Å². The number of anilines is 1. The van der Waals surface area contributed by atoms with E-state index in [0.29, 0.717) is 57.8 Å². The number of imide groups is 2. The smallest absolute Gasteiger partial charge is 0.266 e. The maximum Gasteiger partial charge on any atom is 0.266 e. The Bertz CT molecular complexity index is 1920. The van der Waals surface area contributed by atoms with Crippen molar-refractivity contribution < 1.29 is 23.9 Å². The fourth-order valence-corrected chi connectivity index (χ4v) is 6.54. The molecule has 240 valence electrons. The van der Waals surface area contributed by atoms with Crippen LogP contribution in [0.5, 0.6) is 11.5 Å². The van der Waals surface area contributed by atoms with Gasteiger partial charge in [0.1, 0.15) is 11.5 Å². The van der Waals surface area contributed by atoms with Crippen LogP contribution >= 0.6 is 0 Å². The Morgan fingerprint density at radius 1 is 0.553 bits per heavy atom. The molecule has 0 saturated heterocycles. The predicted octanol–water partition coefficient (Wildman–Crippen LogP) is 9.20. The van der Waals surface area contributed by atoms with E-state index in [1.807, 2.05) is 32.9 Å². The zero-order chi connectivity index (χ0) is 33.7. The Hall–Kier alpha value is -5.04. The molecule has 0 spiro atoms. The zero-order valence-corrected chi connectivity index (χ0v) is 27.8. The fraction of sp³-hybridized carbons (Fsp3) is 0.300. The molecular formula is C40H40N2O5. The largest absolute Gasteiger partial charge is 0.457 e. The lowest BCUT2D eigenvalue weighted by molar-refractivity contribution is 0.0434. The van der Waals surface area contributed by atoms with Crippen molar-refractivity contribution in [2.75, 3.05) is 4.90 Å². The minimum atomic E-state index is -0.574. The van der Waals surface area contributed by atoms with Crippen molar-refractivity contribution in [3.05, 3.63) is 113 Å². The van der Waals surface area contributed by atoms with Gasteiger partial charge in [-0.25, -0.2) is 4.90 Å². The van der Waals surface area contributed by atoms with Crippen molar-refractivity contribution in [3.63, 3.8) is 0 Å². The van der Waals surface area contributed by atoms with Crippen LogP contribution in [0.25, 0.3) is 11.1 Å². The summed E-state index contributed by atoms with van der Waals surface area (Å²) in [6, 6.07) is 25.3. The van der Waals surface area contributed by atoms with Gasteiger partial charge in [0, 0.05) is 11.6 Å². The summed E-state index contributed by atoms with van der Waals surface area (Å²) in [5.41, 5.74) is 3.86. The van der Waals surface area contributed by atoms with Crippen molar-refractivity contribution in [3.8, 4) is 22.6 Å². The quantitative estimate of drug-likeness (QED) is 0.164. The van der Waals surface area contributed by atoms with Gasteiger partial charge in [-0.15, -0.1) is 0 Å². The van der Waals surface area contributed by atoms with Crippen LogP contribution in [-0.2, 0) is 5.41 Å². The second-order valence-electron chi connectivity index (χ2n) is 13.0. The molecule has 47 heavy (non-hydrogen) atoms. The van der Waals surface area contributed by atoms with Crippen molar-refractivity contribution in [2.45, 2.75) is 78.2 Å². The number of fused-ring (bicyclic) bond motifs is 2. The van der Waals surface area contributed by atoms with Gasteiger partial charge in [0.25, 0.3) is 23.6 Å². The van der Waals surface area contributed by atoms with Gasteiger partial charge in [0.15, 0.2) is 0 Å². The summed E-state index contributed by atoms with van der Waals surface area (Å²) < 4.78 is 6.13. The average molecular weight is 629 g/mol. The monoisotopic (exact) mass is 628 g/mol. The fourth-order valence-electron chi connectivity index (χ4n) is 6.54. The first-order valence-electron chi connectivity index (χ1n) is 16.4. The summed E-state index contributed by atoms with van der Waals surface area (Å²) in [5.74, 6) is -0.274. The molecule has 0 unspecified atom stereocenters. The maximum absolute atomic E-state index is 13.7. The molecule has 0 aliphatic carbocycles. The lowest BCUT2D eigenvalue weighted by Gasteiger charge is -2.35. The summed E-state index contributed by atoms with van der Waals surface area (Å²) in [6.45, 7) is 12.5. The standard InChI is InChI=1S/C40H40N2O5/c1-7-39(5,8-2)27-16-18-29(19-17-27)47-30-13-11-12-28(24-30)41-35(43)31-20-14-25(22-33(31)36(41)44)26-15-21-32-34(23-26)38(46)42(37(32)45)40(6,9-3)10-4/h11-24H,7-10H2,1-6H3. The summed E-state index contributed by atoms with van der Waals surface area (Å²) in [7, 11) is 0. The van der Waals surface area contributed by atoms with E-state index in [4.69, 9.17) is 4.74 Å². The number of amides is 4. The molecule has 0 fully saturated rings. The molecule has 6 rings (SSSR count). The minimum absolute atomic E-state index is 0.105. The van der Waals surface area contributed by atoms with E-state index in [2.05, 4.69) is 32.9 Å². The Kier molecular flexibility index (Phi) is 8.12. The Labute approximate surface area is 276 Å². The van der Waals surface area contributed by atoms with Gasteiger partial charge in [-0.05, 0) is 103 Å². The molecule has 0 N–H and O–H groups in total. The van der Waals surface area contributed by atoms with Crippen molar-refractivity contribution in [2.24, 2.45) is 0 Å². The number of rotatable bonds is 10. The third-order valence-electron chi connectivity index (χ3n) is 10.6. The SMILES string of the molecule is CCC(C)(CC)c1ccc(Oc2cccc(N3C(=O)c4ccc(-c5ccc6c(c5)C(=O)N(C(C)(CC)CC)C6=O)cc4C3=O)c2)cc1. The van der Waals surface area contributed by atoms with Crippen molar-refractivity contribution in [1.29, 1.82) is 0 Å². The molecule has 4 aromatic carbocycles. The number of ether oxygens (including phenoxy) is 1. The highest BCUT2D eigenvalue weighted by molar-refractivity contribution is 6.34. The van der Waals surface area contributed by atoms with Gasteiger partial charge in [0.2, 0.25) is 0 Å². The molecule has 2 aliphatic heterocycles. The molecular weight excluding hydrogens is 588 g/mol. The van der Waals surface area contributed by atoms with Crippen LogP contribution in [0, 0.1) is 0 Å². The van der Waals surface area contributed by atoms with Crippen LogP contribution in [0.1, 0.15) is 114 Å². The molecule has 7 nitrogen and oxygen atoms in total. The highest BCUT2D eigenvalue weighted by atomic mass is 16.5. The van der Waals surface area contributed by atoms with Crippen LogP contribution in [0.2, 0.25) is 0 Å². The van der Waals surface area contributed by atoms with E-state index >= 15 is 0 Å². The van der Waals surface area contributed by atoms with Gasteiger partial charge >= 0.3 is 0 Å². The number of nitrogens with zero attached hydrogens (tertiary/aromatic N) is 2. The number of hydrogen-bond donors (Lipinski definition) is 0. The van der Waals surface area contributed by atoms with Crippen LogP contribution in [0.3, 0.4) is 0 Å². The second-order valence-corrected chi connectivity index (χ2v) is 13.0. The summed E-state index contributed by atoms with van der Waals surface area (Å²) in [6.07, 6.45) is 3.38. The average Bonchev–Trinajstić information content (AvgIpc) is 3.51. The molecule has 7 heteroatoms. The van der Waals surface area contributed by atoms with Gasteiger partial charge in [-0.3, -0.25) is 24.1 Å². The topological polar surface area (TPSA) is 84.0 Å². The van der Waals surface area contributed by atoms with E-state index in [0.717, 1.165) is 17.7 Å². The predicted molar refractivity (Wildman–Crippen MR) is 183 cm³/mol. The number of hydrogen-bond acceptors (Lipinski definition) is 5. The Morgan fingerprint density at radius 2 is 1.09 bits per heavy atom. The van der Waals surface area contributed by atoms with E-state index in [1.54, 1.807) is 60.7 Å². The second kappa shape index (κ2) is 12.0. The summed E-state index contributed by atoms with van der Waals surface area (Å²) in [4.78, 5) is 56.4. The Balaban J connectivity index is 1.25. The van der Waals surface area contributed by atoms with E-state index < -0.39 is 17.4 Å². The van der Waals surface area contributed by atoms with Gasteiger partial charge in [-0.2, -0.15) is 0 Å². The van der Waals surface area contributed by atoms with E-state index in [-0.39, 0.29) is 22.8 Å². The number of benzene rings is 4. The molecule has 0 saturated carbocycles. The first kappa shape index (κ1) is 31.9. The number of carbonyl (C=O) groups excluding carboxylic acids is 4. The van der Waals surface area contributed by atoms with E-state index in [1.165, 1.54) is 10.5 Å². The van der Waals surface area contributed by atoms with Crippen molar-refractivity contribution in [1.82, 2.24) is 4.90 Å². The minimum Gasteiger partial charge on any atom is -0.457 e. The summed E-state index contributed by atoms with van der Waals surface area (Å²) in [5, 5.41) is 0. The van der Waals surface area contributed by atoms with Gasteiger partial charge in [0.05, 0.1) is 27.9 Å².